The van der Waals surface area contributed by atoms with Gasteiger partial charge in [-0.3, -0.25) is 0 Å². The second kappa shape index (κ2) is 4.02. The Labute approximate surface area is 103 Å². The van der Waals surface area contributed by atoms with E-state index in [1.54, 1.807) is 7.11 Å². The Bertz CT molecular complexity index is 435. The van der Waals surface area contributed by atoms with E-state index in [1.807, 2.05) is 0 Å². The van der Waals surface area contributed by atoms with Crippen LogP contribution < -0.4 is 10.5 Å². The lowest BCUT2D eigenvalue weighted by molar-refractivity contribution is 0.402. The summed E-state index contributed by atoms with van der Waals surface area (Å²) >= 11 is 0. The number of fused-ring (bicyclic) bond motifs is 1. The first-order valence-corrected chi connectivity index (χ1v) is 6.69. The van der Waals surface area contributed by atoms with E-state index in [2.05, 4.69) is 12.1 Å². The summed E-state index contributed by atoms with van der Waals surface area (Å²) in [5, 5.41) is 0. The molecule has 2 nitrogen and oxygen atoms in total. The minimum atomic E-state index is 0.234. The first-order valence-electron chi connectivity index (χ1n) is 6.69. The standard InChI is InChI=1S/C15H21NO/c1-17-14-9-12-5-3-2-4-11(12)8-13(14)15(10-16)6-7-15/h8-9H,2-7,10,16H2,1H3. The van der Waals surface area contributed by atoms with Gasteiger partial charge in [0.25, 0.3) is 0 Å². The summed E-state index contributed by atoms with van der Waals surface area (Å²) in [4.78, 5) is 0. The maximum absolute atomic E-state index is 5.94. The Morgan fingerprint density at radius 2 is 1.82 bits per heavy atom. The summed E-state index contributed by atoms with van der Waals surface area (Å²) in [5.74, 6) is 1.06. The van der Waals surface area contributed by atoms with Crippen LogP contribution in [0.5, 0.6) is 5.75 Å². The summed E-state index contributed by atoms with van der Waals surface area (Å²) in [6.07, 6.45) is 7.53. The second-order valence-electron chi connectivity index (χ2n) is 5.51. The van der Waals surface area contributed by atoms with Crippen LogP contribution in [-0.4, -0.2) is 13.7 Å². The summed E-state index contributed by atoms with van der Waals surface area (Å²) in [6.45, 7) is 0.752. The van der Waals surface area contributed by atoms with Crippen molar-refractivity contribution < 1.29 is 4.74 Å². The van der Waals surface area contributed by atoms with Crippen LogP contribution in [0.2, 0.25) is 0 Å². The molecular weight excluding hydrogens is 210 g/mol. The largest absolute Gasteiger partial charge is 0.496 e. The molecule has 0 aromatic heterocycles. The number of rotatable bonds is 3. The predicted molar refractivity (Wildman–Crippen MR) is 69.6 cm³/mol. The van der Waals surface area contributed by atoms with Gasteiger partial charge in [-0.15, -0.1) is 0 Å². The third kappa shape index (κ3) is 1.75. The van der Waals surface area contributed by atoms with Crippen molar-refractivity contribution in [2.45, 2.75) is 43.9 Å². The van der Waals surface area contributed by atoms with E-state index in [0.717, 1.165) is 12.3 Å². The van der Waals surface area contributed by atoms with Crippen molar-refractivity contribution >= 4 is 0 Å². The topological polar surface area (TPSA) is 35.2 Å². The highest BCUT2D eigenvalue weighted by atomic mass is 16.5. The van der Waals surface area contributed by atoms with E-state index in [4.69, 9.17) is 10.5 Å². The Morgan fingerprint density at radius 1 is 1.18 bits per heavy atom. The van der Waals surface area contributed by atoms with Crippen molar-refractivity contribution in [1.82, 2.24) is 0 Å². The van der Waals surface area contributed by atoms with Crippen LogP contribution in [0, 0.1) is 0 Å². The molecule has 1 aromatic rings. The van der Waals surface area contributed by atoms with E-state index >= 15 is 0 Å². The number of aryl methyl sites for hydroxylation is 2. The van der Waals surface area contributed by atoms with Crippen molar-refractivity contribution in [3.8, 4) is 5.75 Å². The van der Waals surface area contributed by atoms with E-state index in [9.17, 15) is 0 Å². The van der Waals surface area contributed by atoms with Crippen LogP contribution >= 0.6 is 0 Å². The molecule has 1 saturated carbocycles. The molecule has 0 aliphatic heterocycles. The van der Waals surface area contributed by atoms with E-state index < -0.39 is 0 Å². The van der Waals surface area contributed by atoms with Gasteiger partial charge in [-0.05, 0) is 55.7 Å². The fraction of sp³-hybridized carbons (Fsp3) is 0.600. The van der Waals surface area contributed by atoms with Crippen molar-refractivity contribution in [3.05, 3.63) is 28.8 Å². The van der Waals surface area contributed by atoms with Gasteiger partial charge in [0, 0.05) is 17.5 Å². The molecule has 1 aromatic carbocycles. The summed E-state index contributed by atoms with van der Waals surface area (Å²) in [6, 6.07) is 4.65. The van der Waals surface area contributed by atoms with Gasteiger partial charge < -0.3 is 10.5 Å². The van der Waals surface area contributed by atoms with E-state index in [-0.39, 0.29) is 5.41 Å². The smallest absolute Gasteiger partial charge is 0.122 e. The second-order valence-corrected chi connectivity index (χ2v) is 5.51. The number of hydrogen-bond acceptors (Lipinski definition) is 2. The molecule has 0 spiro atoms. The highest BCUT2D eigenvalue weighted by Crippen LogP contribution is 2.51. The minimum Gasteiger partial charge on any atom is -0.496 e. The molecular formula is C15H21NO. The van der Waals surface area contributed by atoms with E-state index in [0.29, 0.717) is 0 Å². The number of benzene rings is 1. The van der Waals surface area contributed by atoms with Gasteiger partial charge in [0.15, 0.2) is 0 Å². The minimum absolute atomic E-state index is 0.234. The third-order valence-electron chi connectivity index (χ3n) is 4.48. The van der Waals surface area contributed by atoms with Crippen molar-refractivity contribution in [3.63, 3.8) is 0 Å². The molecule has 0 saturated heterocycles. The van der Waals surface area contributed by atoms with Crippen molar-refractivity contribution in [2.75, 3.05) is 13.7 Å². The summed E-state index contributed by atoms with van der Waals surface area (Å²) in [7, 11) is 1.78. The maximum atomic E-state index is 5.94. The quantitative estimate of drug-likeness (QED) is 0.867. The lowest BCUT2D eigenvalue weighted by atomic mass is 9.85. The Morgan fingerprint density at radius 3 is 2.35 bits per heavy atom. The van der Waals surface area contributed by atoms with Crippen LogP contribution in [0.25, 0.3) is 0 Å². The molecule has 2 aliphatic rings. The zero-order valence-electron chi connectivity index (χ0n) is 10.6. The van der Waals surface area contributed by atoms with Crippen molar-refractivity contribution in [1.29, 1.82) is 0 Å². The number of methoxy groups -OCH3 is 1. The number of nitrogens with two attached hydrogens (primary N) is 1. The van der Waals surface area contributed by atoms with Gasteiger partial charge in [-0.2, -0.15) is 0 Å². The number of ether oxygens (including phenoxy) is 1. The molecule has 0 radical (unpaired) electrons. The van der Waals surface area contributed by atoms with E-state index in [1.165, 1.54) is 55.2 Å². The lowest BCUT2D eigenvalue weighted by Gasteiger charge is -2.23. The van der Waals surface area contributed by atoms with Crippen LogP contribution in [0.1, 0.15) is 42.4 Å². The third-order valence-corrected chi connectivity index (χ3v) is 4.48. The molecule has 1 fully saturated rings. The zero-order valence-corrected chi connectivity index (χ0v) is 10.6. The van der Waals surface area contributed by atoms with Crippen LogP contribution in [-0.2, 0) is 18.3 Å². The first kappa shape index (κ1) is 11.1. The fourth-order valence-electron chi connectivity index (χ4n) is 3.08. The van der Waals surface area contributed by atoms with Crippen LogP contribution in [0.3, 0.4) is 0 Å². The highest BCUT2D eigenvalue weighted by molar-refractivity contribution is 5.50. The highest BCUT2D eigenvalue weighted by Gasteiger charge is 2.45. The van der Waals surface area contributed by atoms with Gasteiger partial charge in [-0.25, -0.2) is 0 Å². The predicted octanol–water partition coefficient (Wildman–Crippen LogP) is 2.56. The zero-order chi connectivity index (χ0) is 11.9. The molecule has 0 bridgehead atoms. The monoisotopic (exact) mass is 231 g/mol. The molecule has 2 heteroatoms. The average Bonchev–Trinajstić information content (AvgIpc) is 3.18. The summed E-state index contributed by atoms with van der Waals surface area (Å²) < 4.78 is 5.58. The average molecular weight is 231 g/mol. The molecule has 0 amide bonds. The SMILES string of the molecule is COc1cc2c(cc1C1(CN)CC1)CCCC2. The van der Waals surface area contributed by atoms with Gasteiger partial charge in [0.05, 0.1) is 7.11 Å². The Kier molecular flexibility index (Phi) is 2.62. The lowest BCUT2D eigenvalue weighted by Crippen LogP contribution is -2.21. The molecule has 2 aliphatic carbocycles. The van der Waals surface area contributed by atoms with Gasteiger partial charge in [-0.1, -0.05) is 6.07 Å². The molecule has 92 valence electrons. The molecule has 0 unspecified atom stereocenters. The molecule has 17 heavy (non-hydrogen) atoms. The van der Waals surface area contributed by atoms with Gasteiger partial charge >= 0.3 is 0 Å². The van der Waals surface area contributed by atoms with Gasteiger partial charge in [0.2, 0.25) is 0 Å². The summed E-state index contributed by atoms with van der Waals surface area (Å²) in [5.41, 5.74) is 10.6. The normalized spacial score (nSPS) is 20.8. The first-order chi connectivity index (χ1) is 8.29. The molecule has 0 atom stereocenters. The maximum Gasteiger partial charge on any atom is 0.122 e. The molecule has 0 heterocycles. The Balaban J connectivity index is 2.07. The van der Waals surface area contributed by atoms with Crippen LogP contribution in [0.15, 0.2) is 12.1 Å². The van der Waals surface area contributed by atoms with Crippen LogP contribution in [0.4, 0.5) is 0 Å². The molecule has 2 N–H and O–H groups in total. The van der Waals surface area contributed by atoms with Crippen molar-refractivity contribution in [2.24, 2.45) is 5.73 Å². The van der Waals surface area contributed by atoms with Gasteiger partial charge in [0.1, 0.15) is 5.75 Å². The molecule has 3 rings (SSSR count). The number of hydrogen-bond donors (Lipinski definition) is 1. The Hall–Kier alpha value is -1.02. The fourth-order valence-corrected chi connectivity index (χ4v) is 3.08.